The molecule has 1 aromatic heterocycles. The van der Waals surface area contributed by atoms with Gasteiger partial charge in [-0.05, 0) is 24.5 Å². The lowest BCUT2D eigenvalue weighted by atomic mass is 10.0. The Morgan fingerprint density at radius 3 is 2.85 bits per heavy atom. The molecular formula is C15H22N4O. The van der Waals surface area contributed by atoms with E-state index in [2.05, 4.69) is 23.1 Å². The fraction of sp³-hybridized carbons (Fsp3) is 0.467. The van der Waals surface area contributed by atoms with Crippen LogP contribution in [0.2, 0.25) is 0 Å². The number of aromatic nitrogens is 3. The molecule has 0 bridgehead atoms. The van der Waals surface area contributed by atoms with E-state index < -0.39 is 0 Å². The number of para-hydroxylation sites is 1. The molecule has 0 radical (unpaired) electrons. The van der Waals surface area contributed by atoms with E-state index in [1.165, 1.54) is 0 Å². The second kappa shape index (κ2) is 7.05. The van der Waals surface area contributed by atoms with Crippen molar-refractivity contribution in [3.8, 4) is 5.75 Å². The average molecular weight is 274 g/mol. The second-order valence-corrected chi connectivity index (χ2v) is 4.88. The highest BCUT2D eigenvalue weighted by atomic mass is 16.5. The largest absolute Gasteiger partial charge is 0.496 e. The van der Waals surface area contributed by atoms with Gasteiger partial charge >= 0.3 is 0 Å². The van der Waals surface area contributed by atoms with E-state index in [0.717, 1.165) is 42.9 Å². The Labute approximate surface area is 119 Å². The maximum absolute atomic E-state index is 6.25. The minimum Gasteiger partial charge on any atom is -0.496 e. The van der Waals surface area contributed by atoms with Crippen LogP contribution in [-0.2, 0) is 19.4 Å². The topological polar surface area (TPSA) is 66.0 Å². The van der Waals surface area contributed by atoms with Crippen molar-refractivity contribution < 1.29 is 4.74 Å². The van der Waals surface area contributed by atoms with Crippen molar-refractivity contribution in [3.63, 3.8) is 0 Å². The Balaban J connectivity index is 2.01. The first-order valence-electron chi connectivity index (χ1n) is 6.98. The summed E-state index contributed by atoms with van der Waals surface area (Å²) in [5.41, 5.74) is 7.38. The first-order valence-corrected chi connectivity index (χ1v) is 6.98. The third-order valence-corrected chi connectivity index (χ3v) is 3.25. The van der Waals surface area contributed by atoms with Gasteiger partial charge in [-0.3, -0.25) is 4.68 Å². The third kappa shape index (κ3) is 3.57. The maximum atomic E-state index is 6.25. The summed E-state index contributed by atoms with van der Waals surface area (Å²) < 4.78 is 7.29. The first-order chi connectivity index (χ1) is 9.74. The summed E-state index contributed by atoms with van der Waals surface area (Å²) in [5.74, 6) is 1.84. The van der Waals surface area contributed by atoms with Crippen LogP contribution in [0.4, 0.5) is 0 Å². The van der Waals surface area contributed by atoms with Crippen LogP contribution >= 0.6 is 0 Å². The monoisotopic (exact) mass is 274 g/mol. The molecule has 1 heterocycles. The van der Waals surface area contributed by atoms with E-state index >= 15 is 0 Å². The van der Waals surface area contributed by atoms with Crippen molar-refractivity contribution in [3.05, 3.63) is 42.0 Å². The standard InChI is InChI=1S/C15H22N4O/c1-3-8-19-15(17-11-18-19)10-13(16)9-12-6-4-5-7-14(12)20-2/h4-7,11,13H,3,8-10,16H2,1-2H3. The van der Waals surface area contributed by atoms with Gasteiger partial charge < -0.3 is 10.5 Å². The van der Waals surface area contributed by atoms with Gasteiger partial charge in [-0.2, -0.15) is 5.10 Å². The Morgan fingerprint density at radius 2 is 2.10 bits per heavy atom. The molecule has 1 aromatic carbocycles. The molecule has 0 saturated carbocycles. The van der Waals surface area contributed by atoms with Crippen LogP contribution in [0.3, 0.4) is 0 Å². The predicted octanol–water partition coefficient (Wildman–Crippen LogP) is 1.81. The summed E-state index contributed by atoms with van der Waals surface area (Å²) in [6, 6.07) is 7.98. The summed E-state index contributed by atoms with van der Waals surface area (Å²) in [6.07, 6.45) is 4.12. The fourth-order valence-corrected chi connectivity index (χ4v) is 2.31. The van der Waals surface area contributed by atoms with Gasteiger partial charge in [0.1, 0.15) is 17.9 Å². The van der Waals surface area contributed by atoms with Crippen LogP contribution in [0.25, 0.3) is 0 Å². The van der Waals surface area contributed by atoms with Crippen molar-refractivity contribution in [1.29, 1.82) is 0 Å². The average Bonchev–Trinajstić information content (AvgIpc) is 2.87. The van der Waals surface area contributed by atoms with Crippen LogP contribution in [0, 0.1) is 0 Å². The number of nitrogens with two attached hydrogens (primary N) is 1. The molecule has 2 aromatic rings. The fourth-order valence-electron chi connectivity index (χ4n) is 2.31. The SMILES string of the molecule is CCCn1ncnc1CC(N)Cc1ccccc1OC. The van der Waals surface area contributed by atoms with E-state index in [1.807, 2.05) is 22.9 Å². The van der Waals surface area contributed by atoms with Crippen LogP contribution in [0.15, 0.2) is 30.6 Å². The van der Waals surface area contributed by atoms with E-state index in [0.29, 0.717) is 0 Å². The number of hydrogen-bond acceptors (Lipinski definition) is 4. The van der Waals surface area contributed by atoms with Gasteiger partial charge in [-0.15, -0.1) is 0 Å². The number of ether oxygens (including phenoxy) is 1. The van der Waals surface area contributed by atoms with Gasteiger partial charge in [-0.25, -0.2) is 4.98 Å². The summed E-state index contributed by atoms with van der Waals surface area (Å²) in [5, 5.41) is 4.23. The minimum absolute atomic E-state index is 0.00565. The molecule has 1 unspecified atom stereocenters. The summed E-state index contributed by atoms with van der Waals surface area (Å²) in [7, 11) is 1.68. The quantitative estimate of drug-likeness (QED) is 0.836. The molecule has 0 aliphatic carbocycles. The van der Waals surface area contributed by atoms with E-state index in [9.17, 15) is 0 Å². The number of rotatable bonds is 7. The van der Waals surface area contributed by atoms with E-state index in [4.69, 9.17) is 10.5 Å². The molecule has 0 fully saturated rings. The predicted molar refractivity (Wildman–Crippen MR) is 78.7 cm³/mol. The first kappa shape index (κ1) is 14.5. The highest BCUT2D eigenvalue weighted by Gasteiger charge is 2.12. The molecule has 0 aliphatic rings. The zero-order valence-electron chi connectivity index (χ0n) is 12.1. The van der Waals surface area contributed by atoms with Gasteiger partial charge in [0.2, 0.25) is 0 Å². The Morgan fingerprint density at radius 1 is 1.30 bits per heavy atom. The molecule has 0 spiro atoms. The number of aryl methyl sites for hydroxylation is 1. The molecule has 0 saturated heterocycles. The Kier molecular flexibility index (Phi) is 5.12. The summed E-state index contributed by atoms with van der Waals surface area (Å²) in [6.45, 7) is 3.01. The normalized spacial score (nSPS) is 12.3. The maximum Gasteiger partial charge on any atom is 0.138 e. The van der Waals surface area contributed by atoms with E-state index in [-0.39, 0.29) is 6.04 Å². The lowest BCUT2D eigenvalue weighted by Gasteiger charge is -2.14. The van der Waals surface area contributed by atoms with Crippen LogP contribution in [0.1, 0.15) is 24.7 Å². The summed E-state index contributed by atoms with van der Waals surface area (Å²) in [4.78, 5) is 4.30. The smallest absolute Gasteiger partial charge is 0.138 e. The molecule has 108 valence electrons. The molecule has 2 rings (SSSR count). The molecule has 5 heteroatoms. The van der Waals surface area contributed by atoms with Crippen molar-refractivity contribution in [1.82, 2.24) is 14.8 Å². The van der Waals surface area contributed by atoms with Gasteiger partial charge in [0.15, 0.2) is 0 Å². The van der Waals surface area contributed by atoms with Gasteiger partial charge in [-0.1, -0.05) is 25.1 Å². The number of nitrogens with zero attached hydrogens (tertiary/aromatic N) is 3. The van der Waals surface area contributed by atoms with Crippen molar-refractivity contribution in [2.24, 2.45) is 5.73 Å². The minimum atomic E-state index is 0.00565. The lowest BCUT2D eigenvalue weighted by molar-refractivity contribution is 0.407. The highest BCUT2D eigenvalue weighted by molar-refractivity contribution is 5.33. The second-order valence-electron chi connectivity index (χ2n) is 4.88. The van der Waals surface area contributed by atoms with Crippen molar-refractivity contribution >= 4 is 0 Å². The zero-order valence-corrected chi connectivity index (χ0v) is 12.1. The molecular weight excluding hydrogens is 252 g/mol. The van der Waals surface area contributed by atoms with Gasteiger partial charge in [0.25, 0.3) is 0 Å². The Hall–Kier alpha value is -1.88. The number of hydrogen-bond donors (Lipinski definition) is 1. The molecule has 20 heavy (non-hydrogen) atoms. The molecule has 1 atom stereocenters. The van der Waals surface area contributed by atoms with Crippen LogP contribution < -0.4 is 10.5 Å². The molecule has 0 amide bonds. The van der Waals surface area contributed by atoms with Gasteiger partial charge in [0, 0.05) is 19.0 Å². The van der Waals surface area contributed by atoms with Crippen molar-refractivity contribution in [2.75, 3.05) is 7.11 Å². The number of methoxy groups -OCH3 is 1. The third-order valence-electron chi connectivity index (χ3n) is 3.25. The van der Waals surface area contributed by atoms with E-state index in [1.54, 1.807) is 13.4 Å². The zero-order chi connectivity index (χ0) is 14.4. The molecule has 5 nitrogen and oxygen atoms in total. The Bertz CT molecular complexity index is 538. The summed E-state index contributed by atoms with van der Waals surface area (Å²) >= 11 is 0. The van der Waals surface area contributed by atoms with Crippen LogP contribution in [-0.4, -0.2) is 27.9 Å². The highest BCUT2D eigenvalue weighted by Crippen LogP contribution is 2.19. The molecule has 0 aliphatic heterocycles. The van der Waals surface area contributed by atoms with Crippen molar-refractivity contribution in [2.45, 2.75) is 38.8 Å². The van der Waals surface area contributed by atoms with Crippen LogP contribution in [0.5, 0.6) is 5.75 Å². The number of benzene rings is 1. The lowest BCUT2D eigenvalue weighted by Crippen LogP contribution is -2.27. The van der Waals surface area contributed by atoms with Gasteiger partial charge in [0.05, 0.1) is 7.11 Å². The molecule has 2 N–H and O–H groups in total.